The van der Waals surface area contributed by atoms with Crippen molar-refractivity contribution in [3.63, 3.8) is 0 Å². The van der Waals surface area contributed by atoms with Gasteiger partial charge in [-0.05, 0) is 31.0 Å². The van der Waals surface area contributed by atoms with Gasteiger partial charge in [-0.2, -0.15) is 14.9 Å². The third-order valence-electron chi connectivity index (χ3n) is 5.92. The summed E-state index contributed by atoms with van der Waals surface area (Å²) in [5.74, 6) is 1.92. The summed E-state index contributed by atoms with van der Waals surface area (Å²) in [6.45, 7) is 1.91. The number of likely N-dealkylation sites (N-methyl/N-ethyl adjacent to an activating group) is 1. The van der Waals surface area contributed by atoms with Crippen molar-refractivity contribution in [1.29, 1.82) is 5.26 Å². The largest absolute Gasteiger partial charge is 0.616 e. The molecule has 166 valence electrons. The second-order valence-corrected chi connectivity index (χ2v) is 9.89. The predicted octanol–water partition coefficient (Wildman–Crippen LogP) is 2.21. The van der Waals surface area contributed by atoms with E-state index in [-0.39, 0.29) is 0 Å². The summed E-state index contributed by atoms with van der Waals surface area (Å²) < 4.78 is 13.7. The molecule has 3 heterocycles. The Bertz CT molecular complexity index is 1180. The molecular weight excluding hydrogens is 424 g/mol. The van der Waals surface area contributed by atoms with Crippen LogP contribution in [0.1, 0.15) is 24.0 Å². The number of fused-ring (bicyclic) bond motifs is 1. The zero-order chi connectivity index (χ0) is 22.2. The molecular formula is C22H26N8OS. The molecule has 2 aromatic heterocycles. The Morgan fingerprint density at radius 2 is 2.16 bits per heavy atom. The Balaban J connectivity index is 1.48. The van der Waals surface area contributed by atoms with Gasteiger partial charge in [-0.15, -0.1) is 0 Å². The highest BCUT2D eigenvalue weighted by Crippen LogP contribution is 2.31. The van der Waals surface area contributed by atoms with Gasteiger partial charge in [0.2, 0.25) is 0 Å². The number of hydrogen-bond donors (Lipinski definition) is 3. The average Bonchev–Trinajstić information content (AvgIpc) is 3.42. The number of nitriles is 1. The molecule has 1 saturated heterocycles. The summed E-state index contributed by atoms with van der Waals surface area (Å²) in [5.41, 5.74) is 3.94. The fourth-order valence-electron chi connectivity index (χ4n) is 3.88. The lowest BCUT2D eigenvalue weighted by molar-refractivity contribution is 0.428. The van der Waals surface area contributed by atoms with E-state index in [2.05, 4.69) is 50.1 Å². The number of rotatable bonds is 8. The van der Waals surface area contributed by atoms with Gasteiger partial charge in [0.25, 0.3) is 0 Å². The topological polar surface area (TPSA) is 116 Å². The molecule has 0 amide bonds. The molecule has 32 heavy (non-hydrogen) atoms. The minimum absolute atomic E-state index is 0.431. The third kappa shape index (κ3) is 4.19. The zero-order valence-corrected chi connectivity index (χ0v) is 18.9. The van der Waals surface area contributed by atoms with E-state index in [0.717, 1.165) is 48.7 Å². The lowest BCUT2D eigenvalue weighted by Crippen LogP contribution is -2.56. The third-order valence-corrected chi connectivity index (χ3v) is 6.64. The fourth-order valence-corrected chi connectivity index (χ4v) is 4.55. The molecule has 3 N–H and O–H groups in total. The van der Waals surface area contributed by atoms with Gasteiger partial charge in [-0.25, -0.2) is 4.98 Å². The van der Waals surface area contributed by atoms with Gasteiger partial charge in [0, 0.05) is 49.2 Å². The SMILES string of the molecule is CN(c1ccc(Nc2cc(NC3CC3)n3ncc(C#N)c3n2)cc1C[S+](C)[O-])C1CNC1. The summed E-state index contributed by atoms with van der Waals surface area (Å²) in [4.78, 5) is 6.90. The van der Waals surface area contributed by atoms with Crippen molar-refractivity contribution in [3.05, 3.63) is 41.6 Å². The van der Waals surface area contributed by atoms with E-state index < -0.39 is 11.2 Å². The number of nitrogens with one attached hydrogen (secondary N) is 3. The Hall–Kier alpha value is -3.00. The fraction of sp³-hybridized carbons (Fsp3) is 0.409. The van der Waals surface area contributed by atoms with Gasteiger partial charge >= 0.3 is 0 Å². The molecule has 0 spiro atoms. The second kappa shape index (κ2) is 8.50. The maximum atomic E-state index is 12.1. The maximum absolute atomic E-state index is 12.1. The lowest BCUT2D eigenvalue weighted by atomic mass is 10.1. The number of aromatic nitrogens is 3. The monoisotopic (exact) mass is 450 g/mol. The first-order valence-corrected chi connectivity index (χ1v) is 12.4. The van der Waals surface area contributed by atoms with Crippen LogP contribution in [0.5, 0.6) is 0 Å². The van der Waals surface area contributed by atoms with Crippen LogP contribution in [0.4, 0.5) is 23.0 Å². The molecule has 1 aromatic carbocycles. The van der Waals surface area contributed by atoms with Gasteiger partial charge in [-0.1, -0.05) is 11.2 Å². The highest BCUT2D eigenvalue weighted by atomic mass is 32.2. The smallest absolute Gasteiger partial charge is 0.177 e. The first-order valence-electron chi connectivity index (χ1n) is 10.7. The number of hydrogen-bond acceptors (Lipinski definition) is 8. The van der Waals surface area contributed by atoms with Crippen molar-refractivity contribution < 1.29 is 4.55 Å². The molecule has 3 aromatic rings. The van der Waals surface area contributed by atoms with Crippen LogP contribution in [0, 0.1) is 11.3 Å². The Morgan fingerprint density at radius 3 is 2.81 bits per heavy atom. The van der Waals surface area contributed by atoms with Gasteiger partial charge in [-0.3, -0.25) is 0 Å². The van der Waals surface area contributed by atoms with Crippen LogP contribution in [0.2, 0.25) is 0 Å². The average molecular weight is 451 g/mol. The van der Waals surface area contributed by atoms with Crippen LogP contribution in [-0.2, 0) is 16.9 Å². The number of benzene rings is 1. The van der Waals surface area contributed by atoms with Crippen molar-refractivity contribution in [2.24, 2.45) is 0 Å². The molecule has 2 aliphatic rings. The minimum atomic E-state index is -0.960. The van der Waals surface area contributed by atoms with E-state index in [0.29, 0.717) is 34.9 Å². The van der Waals surface area contributed by atoms with Crippen LogP contribution in [0.15, 0.2) is 30.5 Å². The van der Waals surface area contributed by atoms with Crippen molar-refractivity contribution in [2.45, 2.75) is 30.7 Å². The lowest BCUT2D eigenvalue weighted by Gasteiger charge is -2.38. The number of nitrogens with zero attached hydrogens (tertiary/aromatic N) is 5. The highest BCUT2D eigenvalue weighted by Gasteiger charge is 2.25. The normalized spacial score (nSPS) is 16.9. The van der Waals surface area contributed by atoms with Crippen molar-refractivity contribution >= 4 is 39.8 Å². The first-order chi connectivity index (χ1) is 15.5. The van der Waals surface area contributed by atoms with Crippen molar-refractivity contribution in [2.75, 3.05) is 41.9 Å². The van der Waals surface area contributed by atoms with Crippen molar-refractivity contribution in [3.8, 4) is 6.07 Å². The van der Waals surface area contributed by atoms with Crippen LogP contribution < -0.4 is 20.9 Å². The van der Waals surface area contributed by atoms with Gasteiger partial charge in [0.15, 0.2) is 5.65 Å². The maximum Gasteiger partial charge on any atom is 0.177 e. The molecule has 1 aliphatic carbocycles. The zero-order valence-electron chi connectivity index (χ0n) is 18.1. The van der Waals surface area contributed by atoms with Crippen LogP contribution >= 0.6 is 0 Å². The molecule has 1 aliphatic heterocycles. The predicted molar refractivity (Wildman–Crippen MR) is 127 cm³/mol. The molecule has 5 rings (SSSR count). The summed E-state index contributed by atoms with van der Waals surface area (Å²) in [7, 11) is 2.09. The molecule has 1 atom stereocenters. The van der Waals surface area contributed by atoms with E-state index >= 15 is 0 Å². The van der Waals surface area contributed by atoms with Crippen LogP contribution in [0.3, 0.4) is 0 Å². The summed E-state index contributed by atoms with van der Waals surface area (Å²) in [6, 6.07) is 11.1. The quantitative estimate of drug-likeness (QED) is 0.447. The molecule has 0 bridgehead atoms. The Labute approximate surface area is 190 Å². The summed E-state index contributed by atoms with van der Waals surface area (Å²) >= 11 is -0.960. The molecule has 1 saturated carbocycles. The molecule has 10 heteroatoms. The van der Waals surface area contributed by atoms with E-state index in [1.807, 2.05) is 18.2 Å². The van der Waals surface area contributed by atoms with E-state index in [1.54, 1.807) is 17.0 Å². The van der Waals surface area contributed by atoms with Crippen molar-refractivity contribution in [1.82, 2.24) is 19.9 Å². The number of anilines is 4. The second-order valence-electron chi connectivity index (χ2n) is 8.46. The Morgan fingerprint density at radius 1 is 1.34 bits per heavy atom. The molecule has 0 radical (unpaired) electrons. The molecule has 1 unspecified atom stereocenters. The van der Waals surface area contributed by atoms with E-state index in [4.69, 9.17) is 0 Å². The van der Waals surface area contributed by atoms with Crippen LogP contribution in [0.25, 0.3) is 5.65 Å². The first kappa shape index (κ1) is 20.9. The molecule has 2 fully saturated rings. The molecule has 9 nitrogen and oxygen atoms in total. The van der Waals surface area contributed by atoms with Crippen LogP contribution in [-0.4, -0.2) is 57.6 Å². The summed E-state index contributed by atoms with van der Waals surface area (Å²) in [5, 5.41) is 23.9. The minimum Gasteiger partial charge on any atom is -0.616 e. The Kier molecular flexibility index (Phi) is 5.55. The van der Waals surface area contributed by atoms with Gasteiger partial charge < -0.3 is 25.4 Å². The van der Waals surface area contributed by atoms with Gasteiger partial charge in [0.1, 0.15) is 29.0 Å². The summed E-state index contributed by atoms with van der Waals surface area (Å²) in [6.07, 6.45) is 5.52. The standard InChI is InChI=1S/C22H26N8OS/c1-29(18-11-24-12-18)19-6-5-17(7-14(19)13-32(2)31)26-20-8-21(27-16-3-4-16)30-22(28-20)15(9-23)10-25-30/h5-8,10,16,18,24,27H,3-4,11-13H2,1-2H3,(H,26,28). The van der Waals surface area contributed by atoms with E-state index in [1.165, 1.54) is 0 Å². The van der Waals surface area contributed by atoms with E-state index in [9.17, 15) is 9.81 Å². The van der Waals surface area contributed by atoms with Gasteiger partial charge in [0.05, 0.1) is 18.5 Å². The highest BCUT2D eigenvalue weighted by molar-refractivity contribution is 7.89.